The molecule has 1 saturated heterocycles. The molecule has 0 aromatic heterocycles. The molecule has 7 heteroatoms. The highest BCUT2D eigenvalue weighted by atomic mass is 16.5. The molecule has 0 saturated carbocycles. The Hall–Kier alpha value is -3.71. The second-order valence-corrected chi connectivity index (χ2v) is 7.64. The molecule has 31 heavy (non-hydrogen) atoms. The maximum atomic E-state index is 13.2. The second kappa shape index (κ2) is 8.20. The minimum absolute atomic E-state index is 0.0757. The van der Waals surface area contributed by atoms with Crippen LogP contribution >= 0.6 is 0 Å². The summed E-state index contributed by atoms with van der Waals surface area (Å²) < 4.78 is 8.97. The van der Waals surface area contributed by atoms with Gasteiger partial charge in [-0.15, -0.1) is 0 Å². The third kappa shape index (κ3) is 3.87. The number of hydrogen-bond acceptors (Lipinski definition) is 4. The number of amides is 1. The summed E-state index contributed by atoms with van der Waals surface area (Å²) >= 11 is 0. The lowest BCUT2D eigenvalue weighted by Gasteiger charge is -2.16. The van der Waals surface area contributed by atoms with E-state index in [-0.39, 0.29) is 17.6 Å². The highest BCUT2D eigenvalue weighted by molar-refractivity contribution is 6.08. The summed E-state index contributed by atoms with van der Waals surface area (Å²) in [4.78, 5) is 26.3. The van der Waals surface area contributed by atoms with Crippen LogP contribution in [0.2, 0.25) is 0 Å². The molecule has 156 valence electrons. The molecular formula is C24H22N4O3. The Labute approximate surface area is 179 Å². The lowest BCUT2D eigenvalue weighted by atomic mass is 10.1. The van der Waals surface area contributed by atoms with E-state index in [0.717, 1.165) is 19.4 Å². The number of benzene rings is 2. The quantitative estimate of drug-likeness (QED) is 0.542. The van der Waals surface area contributed by atoms with Gasteiger partial charge in [0.1, 0.15) is 5.69 Å². The summed E-state index contributed by atoms with van der Waals surface area (Å²) in [7, 11) is 0. The van der Waals surface area contributed by atoms with Gasteiger partial charge in [-0.3, -0.25) is 9.59 Å². The molecule has 3 aliphatic rings. The predicted octanol–water partition coefficient (Wildman–Crippen LogP) is 3.57. The Morgan fingerprint density at radius 3 is 2.52 bits per heavy atom. The van der Waals surface area contributed by atoms with E-state index in [1.165, 1.54) is 4.68 Å². The second-order valence-electron chi connectivity index (χ2n) is 7.64. The molecular weight excluding hydrogens is 392 g/mol. The number of ether oxygens (including phenoxy) is 1. The Morgan fingerprint density at radius 2 is 1.81 bits per heavy atom. The van der Waals surface area contributed by atoms with Crippen LogP contribution < -0.4 is 10.9 Å². The molecule has 0 radical (unpaired) electrons. The van der Waals surface area contributed by atoms with E-state index in [1.54, 1.807) is 12.4 Å². The molecule has 1 amide bonds. The lowest BCUT2D eigenvalue weighted by molar-refractivity contribution is 0.0961. The van der Waals surface area contributed by atoms with E-state index >= 15 is 0 Å². The summed E-state index contributed by atoms with van der Waals surface area (Å²) in [5.41, 5.74) is 2.22. The molecule has 0 spiro atoms. The average molecular weight is 414 g/mol. The fraction of sp³-hybridized carbons (Fsp3) is 0.208. The molecule has 5 rings (SSSR count). The zero-order valence-electron chi connectivity index (χ0n) is 16.9. The highest BCUT2D eigenvalue weighted by Gasteiger charge is 2.25. The number of para-hydroxylation sites is 2. The number of carbonyl (C=O) groups excluding carboxylic acids is 1. The summed E-state index contributed by atoms with van der Waals surface area (Å²) in [6, 6.07) is 18.4. The number of nitrogens with zero attached hydrogens (tertiary/aromatic N) is 3. The van der Waals surface area contributed by atoms with Gasteiger partial charge in [-0.2, -0.15) is 9.78 Å². The number of aromatic nitrogens is 3. The average Bonchev–Trinajstić information content (AvgIpc) is 3.43. The molecule has 0 aliphatic carbocycles. The molecule has 1 atom stereocenters. The Kier molecular flexibility index (Phi) is 5.09. The smallest absolute Gasteiger partial charge is 0.282 e. The molecule has 3 aliphatic heterocycles. The van der Waals surface area contributed by atoms with Gasteiger partial charge in [0.25, 0.3) is 11.5 Å². The van der Waals surface area contributed by atoms with Gasteiger partial charge in [-0.1, -0.05) is 36.4 Å². The normalized spacial score (nSPS) is 15.9. The summed E-state index contributed by atoms with van der Waals surface area (Å²) in [6.45, 7) is 1.32. The van der Waals surface area contributed by atoms with Crippen LogP contribution in [0.25, 0.3) is 16.9 Å². The van der Waals surface area contributed by atoms with E-state index < -0.39 is 0 Å². The third-order valence-corrected chi connectivity index (χ3v) is 5.44. The maximum absolute atomic E-state index is 13.2. The Bertz CT molecular complexity index is 1220. The predicted molar refractivity (Wildman–Crippen MR) is 118 cm³/mol. The molecule has 0 unspecified atom stereocenters. The van der Waals surface area contributed by atoms with Crippen LogP contribution in [0, 0.1) is 0 Å². The van der Waals surface area contributed by atoms with E-state index in [9.17, 15) is 9.59 Å². The molecule has 7 nitrogen and oxygen atoms in total. The van der Waals surface area contributed by atoms with Crippen molar-refractivity contribution in [3.05, 3.63) is 89.0 Å². The third-order valence-electron chi connectivity index (χ3n) is 5.44. The highest BCUT2D eigenvalue weighted by Crippen LogP contribution is 2.24. The molecule has 2 aromatic rings. The van der Waals surface area contributed by atoms with Crippen molar-refractivity contribution in [1.82, 2.24) is 14.3 Å². The van der Waals surface area contributed by atoms with Crippen LogP contribution in [-0.4, -0.2) is 33.0 Å². The molecule has 3 heterocycles. The number of anilines is 1. The number of hydrogen-bond donors (Lipinski definition) is 1. The van der Waals surface area contributed by atoms with Crippen molar-refractivity contribution in [2.24, 2.45) is 0 Å². The summed E-state index contributed by atoms with van der Waals surface area (Å²) in [5, 5.41) is 7.42. The maximum Gasteiger partial charge on any atom is 0.282 e. The van der Waals surface area contributed by atoms with Crippen LogP contribution in [0.5, 0.6) is 0 Å². The van der Waals surface area contributed by atoms with Crippen LogP contribution in [0.4, 0.5) is 5.69 Å². The van der Waals surface area contributed by atoms with Gasteiger partial charge in [0.2, 0.25) is 0 Å². The van der Waals surface area contributed by atoms with Gasteiger partial charge in [-0.25, -0.2) is 0 Å². The number of fused-ring (bicyclic) bond motifs is 1. The Balaban J connectivity index is 1.60. The number of carbonyl (C=O) groups is 1. The van der Waals surface area contributed by atoms with Crippen LogP contribution in [0.3, 0.4) is 0 Å². The molecule has 1 N–H and O–H groups in total. The summed E-state index contributed by atoms with van der Waals surface area (Å²) in [5.74, 6) is -0.310. The molecule has 2 aromatic carbocycles. The largest absolute Gasteiger partial charge is 0.376 e. The van der Waals surface area contributed by atoms with Gasteiger partial charge < -0.3 is 14.6 Å². The van der Waals surface area contributed by atoms with Crippen molar-refractivity contribution in [2.45, 2.75) is 25.5 Å². The van der Waals surface area contributed by atoms with Crippen LogP contribution in [-0.2, 0) is 11.3 Å². The van der Waals surface area contributed by atoms with E-state index in [2.05, 4.69) is 10.4 Å². The van der Waals surface area contributed by atoms with Gasteiger partial charge in [-0.05, 0) is 37.1 Å². The first kappa shape index (κ1) is 19.3. The van der Waals surface area contributed by atoms with Crippen molar-refractivity contribution in [1.29, 1.82) is 0 Å². The van der Waals surface area contributed by atoms with Crippen molar-refractivity contribution >= 4 is 11.6 Å². The van der Waals surface area contributed by atoms with Crippen molar-refractivity contribution in [3.63, 3.8) is 0 Å². The first-order chi connectivity index (χ1) is 15.2. The zero-order chi connectivity index (χ0) is 21.2. The van der Waals surface area contributed by atoms with E-state index in [4.69, 9.17) is 4.74 Å². The number of rotatable bonds is 5. The van der Waals surface area contributed by atoms with Crippen molar-refractivity contribution in [2.75, 3.05) is 11.9 Å². The minimum Gasteiger partial charge on any atom is -0.376 e. The van der Waals surface area contributed by atoms with Gasteiger partial charge >= 0.3 is 0 Å². The van der Waals surface area contributed by atoms with Gasteiger partial charge in [0, 0.05) is 31.2 Å². The van der Waals surface area contributed by atoms with Gasteiger partial charge in [0.15, 0.2) is 0 Å². The standard InChI is InChI=1S/C24H22N4O3/c29-23(25-17-8-3-1-4-9-17)20-15-27(14-19-12-7-13-31-19)16-21-22(20)26-28(24(21)30)18-10-5-2-6-11-18/h1-6,8-11,15-16,19H,7,12-14H2,(H,25,29)/t19-/m0/s1. The number of pyridine rings is 1. The number of nitrogens with one attached hydrogen (secondary N) is 1. The van der Waals surface area contributed by atoms with Crippen molar-refractivity contribution in [3.8, 4) is 16.9 Å². The molecule has 1 fully saturated rings. The summed E-state index contributed by atoms with van der Waals surface area (Å²) in [6.07, 6.45) is 5.58. The van der Waals surface area contributed by atoms with E-state index in [0.29, 0.717) is 34.7 Å². The topological polar surface area (TPSA) is 78.2 Å². The van der Waals surface area contributed by atoms with Crippen LogP contribution in [0.1, 0.15) is 23.2 Å². The van der Waals surface area contributed by atoms with E-state index in [1.807, 2.05) is 65.2 Å². The SMILES string of the molecule is O=C(Nc1ccccc1)c1cn(C[C@@H]2CCCO2)cc2c(=O)n(-c3ccccc3)nc1-2. The fourth-order valence-corrected chi connectivity index (χ4v) is 3.92. The molecule has 0 bridgehead atoms. The first-order valence-electron chi connectivity index (χ1n) is 10.4. The monoisotopic (exact) mass is 414 g/mol. The zero-order valence-corrected chi connectivity index (χ0v) is 16.9. The van der Waals surface area contributed by atoms with Crippen LogP contribution in [0.15, 0.2) is 77.9 Å². The minimum atomic E-state index is -0.310. The Morgan fingerprint density at radius 1 is 1.06 bits per heavy atom. The van der Waals surface area contributed by atoms with Crippen molar-refractivity contribution < 1.29 is 9.53 Å². The van der Waals surface area contributed by atoms with Gasteiger partial charge in [0.05, 0.1) is 22.9 Å². The first-order valence-corrected chi connectivity index (χ1v) is 10.4. The lowest BCUT2D eigenvalue weighted by Crippen LogP contribution is -2.20. The fourth-order valence-electron chi connectivity index (χ4n) is 3.92.